The second-order valence-electron chi connectivity index (χ2n) is 2.78. The molecule has 0 aromatic rings. The highest BCUT2D eigenvalue weighted by Crippen LogP contribution is 2.13. The molecule has 0 spiro atoms. The molecule has 0 aromatic heterocycles. The summed E-state index contributed by atoms with van der Waals surface area (Å²) in [5.41, 5.74) is 5.34. The Hall–Kier alpha value is -1.07. The van der Waals surface area contributed by atoms with E-state index in [-0.39, 0.29) is 11.8 Å². The van der Waals surface area contributed by atoms with Crippen LogP contribution in [0, 0.1) is 5.92 Å². The predicted octanol–water partition coefficient (Wildman–Crippen LogP) is 1.59. The van der Waals surface area contributed by atoms with Crippen LogP contribution in [0.15, 0.2) is 9.98 Å². The lowest BCUT2D eigenvalue weighted by molar-refractivity contribution is -0.118. The van der Waals surface area contributed by atoms with E-state index in [0.29, 0.717) is 0 Å². The number of hydrogen-bond acceptors (Lipinski definition) is 1. The highest BCUT2D eigenvalue weighted by Gasteiger charge is 2.25. The summed E-state index contributed by atoms with van der Waals surface area (Å²) in [7, 11) is 0. The van der Waals surface area contributed by atoms with E-state index in [0.717, 1.165) is 6.34 Å². The SMILES string of the molecule is CC(C)C(N)=NC=NCC(F)(F)F. The normalized spacial score (nSPS) is 14.5. The van der Waals surface area contributed by atoms with Gasteiger partial charge in [0.25, 0.3) is 0 Å². The summed E-state index contributed by atoms with van der Waals surface area (Å²) in [5, 5.41) is 0. The third kappa shape index (κ3) is 7.30. The fourth-order valence-electron chi connectivity index (χ4n) is 0.401. The van der Waals surface area contributed by atoms with E-state index in [2.05, 4.69) is 9.98 Å². The van der Waals surface area contributed by atoms with Crippen molar-refractivity contribution in [3.8, 4) is 0 Å². The quantitative estimate of drug-likeness (QED) is 0.539. The number of hydrogen-bond donors (Lipinski definition) is 1. The molecule has 0 aliphatic rings. The van der Waals surface area contributed by atoms with Gasteiger partial charge in [-0.2, -0.15) is 13.2 Å². The van der Waals surface area contributed by atoms with Crippen molar-refractivity contribution in [2.24, 2.45) is 21.6 Å². The maximum Gasteiger partial charge on any atom is 0.408 e. The number of halogens is 3. The number of amidine groups is 1. The predicted molar refractivity (Wildman–Crippen MR) is 45.9 cm³/mol. The van der Waals surface area contributed by atoms with Gasteiger partial charge in [-0.3, -0.25) is 4.99 Å². The summed E-state index contributed by atoms with van der Waals surface area (Å²) < 4.78 is 34.6. The molecule has 0 radical (unpaired) electrons. The molecule has 0 rings (SSSR count). The van der Waals surface area contributed by atoms with E-state index in [9.17, 15) is 13.2 Å². The second kappa shape index (κ2) is 4.84. The van der Waals surface area contributed by atoms with Gasteiger partial charge in [0.1, 0.15) is 18.7 Å². The molecule has 2 N–H and O–H groups in total. The van der Waals surface area contributed by atoms with Gasteiger partial charge < -0.3 is 5.73 Å². The molecule has 0 aromatic carbocycles. The van der Waals surface area contributed by atoms with Crippen molar-refractivity contribution in [3.05, 3.63) is 0 Å². The highest BCUT2D eigenvalue weighted by molar-refractivity contribution is 5.88. The largest absolute Gasteiger partial charge is 0.408 e. The van der Waals surface area contributed by atoms with E-state index in [1.54, 1.807) is 13.8 Å². The first kappa shape index (κ1) is 11.9. The zero-order chi connectivity index (χ0) is 10.5. The van der Waals surface area contributed by atoms with E-state index in [1.807, 2.05) is 0 Å². The minimum absolute atomic E-state index is 0.0114. The van der Waals surface area contributed by atoms with Gasteiger partial charge in [0.2, 0.25) is 0 Å². The fraction of sp³-hybridized carbons (Fsp3) is 0.714. The molecule has 76 valence electrons. The van der Waals surface area contributed by atoms with Crippen molar-refractivity contribution in [3.63, 3.8) is 0 Å². The first-order valence-electron chi connectivity index (χ1n) is 3.71. The standard InChI is InChI=1S/C7H12F3N3/c1-5(2)6(11)13-4-12-3-7(8,9)10/h4-5H,3H2,1-2H3,(H2,11,12,13). The molecule has 0 atom stereocenters. The maximum atomic E-state index is 11.5. The van der Waals surface area contributed by atoms with Crippen LogP contribution in [-0.2, 0) is 0 Å². The summed E-state index contributed by atoms with van der Waals surface area (Å²) in [6.07, 6.45) is -3.44. The average Bonchev–Trinajstić information content (AvgIpc) is 1.95. The minimum atomic E-state index is -4.28. The maximum absolute atomic E-state index is 11.5. The van der Waals surface area contributed by atoms with Crippen LogP contribution in [0.3, 0.4) is 0 Å². The lowest BCUT2D eigenvalue weighted by Crippen LogP contribution is -2.19. The van der Waals surface area contributed by atoms with Crippen molar-refractivity contribution in [2.75, 3.05) is 6.54 Å². The summed E-state index contributed by atoms with van der Waals surface area (Å²) in [5.74, 6) is 0.281. The number of nitrogens with zero attached hydrogens (tertiary/aromatic N) is 2. The van der Waals surface area contributed by atoms with Crippen LogP contribution >= 0.6 is 0 Å². The lowest BCUT2D eigenvalue weighted by Gasteiger charge is -2.01. The Labute approximate surface area is 74.6 Å². The molecule has 0 fully saturated rings. The Balaban J connectivity index is 3.95. The Morgan fingerprint density at radius 3 is 2.38 bits per heavy atom. The highest BCUT2D eigenvalue weighted by atomic mass is 19.4. The van der Waals surface area contributed by atoms with E-state index < -0.39 is 12.7 Å². The topological polar surface area (TPSA) is 50.7 Å². The first-order chi connectivity index (χ1) is 5.83. The van der Waals surface area contributed by atoms with Crippen LogP contribution in [0.2, 0.25) is 0 Å². The zero-order valence-corrected chi connectivity index (χ0v) is 7.47. The van der Waals surface area contributed by atoms with E-state index in [1.165, 1.54) is 0 Å². The van der Waals surface area contributed by atoms with Gasteiger partial charge in [0.15, 0.2) is 0 Å². The lowest BCUT2D eigenvalue weighted by atomic mass is 10.2. The van der Waals surface area contributed by atoms with Gasteiger partial charge in [-0.1, -0.05) is 13.8 Å². The van der Waals surface area contributed by atoms with Crippen molar-refractivity contribution in [1.29, 1.82) is 0 Å². The molecule has 0 aliphatic heterocycles. The number of rotatable bonds is 3. The summed E-state index contributed by atoms with van der Waals surface area (Å²) in [6.45, 7) is 2.36. The molecule has 0 aliphatic carbocycles. The molecule has 6 heteroatoms. The average molecular weight is 195 g/mol. The van der Waals surface area contributed by atoms with Crippen molar-refractivity contribution in [1.82, 2.24) is 0 Å². The molecule has 0 amide bonds. The third-order valence-electron chi connectivity index (χ3n) is 1.15. The van der Waals surface area contributed by atoms with Gasteiger partial charge in [0, 0.05) is 5.92 Å². The van der Waals surface area contributed by atoms with Crippen molar-refractivity contribution < 1.29 is 13.2 Å². The van der Waals surface area contributed by atoms with Crippen LogP contribution in [-0.4, -0.2) is 24.9 Å². The Morgan fingerprint density at radius 1 is 1.46 bits per heavy atom. The zero-order valence-electron chi connectivity index (χ0n) is 7.47. The van der Waals surface area contributed by atoms with Gasteiger partial charge in [-0.05, 0) is 0 Å². The number of nitrogens with two attached hydrogens (primary N) is 1. The molecular formula is C7H12F3N3. The molecule has 0 saturated carbocycles. The summed E-state index contributed by atoms with van der Waals surface area (Å²) in [6, 6.07) is 0. The van der Waals surface area contributed by atoms with Gasteiger partial charge in [-0.25, -0.2) is 4.99 Å². The summed E-state index contributed by atoms with van der Waals surface area (Å²) >= 11 is 0. The van der Waals surface area contributed by atoms with E-state index >= 15 is 0 Å². The molecule has 3 nitrogen and oxygen atoms in total. The van der Waals surface area contributed by atoms with Gasteiger partial charge >= 0.3 is 6.18 Å². The Morgan fingerprint density at radius 2 is 2.00 bits per heavy atom. The van der Waals surface area contributed by atoms with Crippen LogP contribution < -0.4 is 5.73 Å². The second-order valence-corrected chi connectivity index (χ2v) is 2.78. The Kier molecular flexibility index (Phi) is 4.44. The van der Waals surface area contributed by atoms with Gasteiger partial charge in [0.05, 0.1) is 0 Å². The summed E-state index contributed by atoms with van der Waals surface area (Å²) in [4.78, 5) is 6.58. The third-order valence-corrected chi connectivity index (χ3v) is 1.15. The molecule has 0 heterocycles. The number of alkyl halides is 3. The molecule has 0 bridgehead atoms. The van der Waals surface area contributed by atoms with Gasteiger partial charge in [-0.15, -0.1) is 0 Å². The smallest absolute Gasteiger partial charge is 0.387 e. The molecule has 0 saturated heterocycles. The Bertz CT molecular complexity index is 206. The number of aliphatic imine (C=N–C) groups is 2. The minimum Gasteiger partial charge on any atom is -0.387 e. The van der Waals surface area contributed by atoms with Crippen LogP contribution in [0.5, 0.6) is 0 Å². The van der Waals surface area contributed by atoms with Crippen LogP contribution in [0.25, 0.3) is 0 Å². The molecule has 0 unspecified atom stereocenters. The first-order valence-corrected chi connectivity index (χ1v) is 3.71. The van der Waals surface area contributed by atoms with Crippen molar-refractivity contribution >= 4 is 12.2 Å². The van der Waals surface area contributed by atoms with Crippen LogP contribution in [0.4, 0.5) is 13.2 Å². The monoisotopic (exact) mass is 195 g/mol. The fourth-order valence-corrected chi connectivity index (χ4v) is 0.401. The van der Waals surface area contributed by atoms with Crippen molar-refractivity contribution in [2.45, 2.75) is 20.0 Å². The van der Waals surface area contributed by atoms with Crippen LogP contribution in [0.1, 0.15) is 13.8 Å². The molecule has 13 heavy (non-hydrogen) atoms. The molecular weight excluding hydrogens is 183 g/mol. The van der Waals surface area contributed by atoms with E-state index in [4.69, 9.17) is 5.73 Å².